The number of amides is 1. The highest BCUT2D eigenvalue weighted by Gasteiger charge is 2.14. The number of nitrogens with zero attached hydrogens (tertiary/aromatic N) is 2. The highest BCUT2D eigenvalue weighted by Crippen LogP contribution is 2.32. The van der Waals surface area contributed by atoms with Gasteiger partial charge in [0.05, 0.1) is 17.6 Å². The van der Waals surface area contributed by atoms with Crippen LogP contribution in [0.2, 0.25) is 5.02 Å². The molecule has 1 amide bonds. The molecule has 0 aliphatic heterocycles. The largest absolute Gasteiger partial charge is 0.455 e. The zero-order chi connectivity index (χ0) is 27.3. The van der Waals surface area contributed by atoms with Crippen LogP contribution in [0.25, 0.3) is 39.5 Å². The van der Waals surface area contributed by atoms with Crippen LogP contribution in [0.5, 0.6) is 0 Å². The molecule has 0 aliphatic rings. The van der Waals surface area contributed by atoms with Gasteiger partial charge in [-0.15, -0.1) is 0 Å². The van der Waals surface area contributed by atoms with E-state index in [1.807, 2.05) is 66.7 Å². The predicted octanol–water partition coefficient (Wildman–Crippen LogP) is 8.49. The van der Waals surface area contributed by atoms with Crippen LogP contribution in [0.1, 0.15) is 16.1 Å². The minimum atomic E-state index is -0.314. The number of hydrogen-bond acceptors (Lipinski definition) is 3. The SMILES string of the molecule is O=C(N/N=C/c1ccc(-c2ccc(Cl)cc2)o1)c1ccc(-n2c(-c3ccccc3)ccc2-c2ccccc2)cc1. The number of rotatable bonds is 7. The van der Waals surface area contributed by atoms with Crippen LogP contribution in [-0.4, -0.2) is 16.7 Å². The smallest absolute Gasteiger partial charge is 0.271 e. The maximum atomic E-state index is 12.8. The minimum absolute atomic E-state index is 0.314. The number of hydrogen-bond donors (Lipinski definition) is 1. The first-order chi connectivity index (χ1) is 19.7. The van der Waals surface area contributed by atoms with Gasteiger partial charge in [0.15, 0.2) is 0 Å². The van der Waals surface area contributed by atoms with Gasteiger partial charge in [-0.2, -0.15) is 5.10 Å². The van der Waals surface area contributed by atoms with Gasteiger partial charge in [-0.25, -0.2) is 5.43 Å². The average molecular weight is 542 g/mol. The molecule has 0 fully saturated rings. The molecule has 5 nitrogen and oxygen atoms in total. The zero-order valence-electron chi connectivity index (χ0n) is 21.4. The van der Waals surface area contributed by atoms with Crippen molar-refractivity contribution in [2.24, 2.45) is 5.10 Å². The molecule has 2 heterocycles. The van der Waals surface area contributed by atoms with E-state index in [0.717, 1.165) is 33.8 Å². The summed E-state index contributed by atoms with van der Waals surface area (Å²) in [6.45, 7) is 0. The van der Waals surface area contributed by atoms with E-state index < -0.39 is 0 Å². The fourth-order valence-corrected chi connectivity index (χ4v) is 4.68. The van der Waals surface area contributed by atoms with Crippen LogP contribution in [0.3, 0.4) is 0 Å². The second kappa shape index (κ2) is 11.3. The molecule has 0 saturated heterocycles. The Morgan fingerprint density at radius 2 is 1.27 bits per heavy atom. The Balaban J connectivity index is 1.21. The third kappa shape index (κ3) is 5.37. The molecule has 0 bridgehead atoms. The van der Waals surface area contributed by atoms with E-state index in [9.17, 15) is 4.79 Å². The summed E-state index contributed by atoms with van der Waals surface area (Å²) in [5.74, 6) is 0.899. The standard InChI is InChI=1S/C34H24ClN3O2/c35-28-15-11-26(12-16-28)33-22-19-30(40-33)23-36-37-34(39)27-13-17-29(18-14-27)38-31(24-7-3-1-4-8-24)20-21-32(38)25-9-5-2-6-10-25/h1-23H,(H,37,39)/b36-23+. The Morgan fingerprint density at radius 1 is 0.675 bits per heavy atom. The van der Waals surface area contributed by atoms with Gasteiger partial charge >= 0.3 is 0 Å². The van der Waals surface area contributed by atoms with Crippen LogP contribution in [0.4, 0.5) is 0 Å². The molecule has 6 heteroatoms. The lowest BCUT2D eigenvalue weighted by Crippen LogP contribution is -2.17. The van der Waals surface area contributed by atoms with Crippen molar-refractivity contribution in [2.75, 3.05) is 0 Å². The van der Waals surface area contributed by atoms with E-state index >= 15 is 0 Å². The second-order valence-electron chi connectivity index (χ2n) is 9.13. The lowest BCUT2D eigenvalue weighted by atomic mass is 10.1. The van der Waals surface area contributed by atoms with E-state index in [2.05, 4.69) is 51.5 Å². The number of aromatic nitrogens is 1. The molecule has 0 aliphatic carbocycles. The Bertz CT molecular complexity index is 1710. The molecule has 0 atom stereocenters. The number of carbonyl (C=O) groups is 1. The minimum Gasteiger partial charge on any atom is -0.455 e. The maximum absolute atomic E-state index is 12.8. The lowest BCUT2D eigenvalue weighted by Gasteiger charge is -2.15. The van der Waals surface area contributed by atoms with Crippen LogP contribution < -0.4 is 5.43 Å². The first kappa shape index (κ1) is 25.2. The van der Waals surface area contributed by atoms with Gasteiger partial charge in [-0.3, -0.25) is 4.79 Å². The van der Waals surface area contributed by atoms with Crippen LogP contribution in [0.15, 0.2) is 143 Å². The average Bonchev–Trinajstić information content (AvgIpc) is 3.67. The van der Waals surface area contributed by atoms with E-state index in [1.54, 1.807) is 30.3 Å². The monoisotopic (exact) mass is 541 g/mol. The first-order valence-electron chi connectivity index (χ1n) is 12.8. The second-order valence-corrected chi connectivity index (χ2v) is 9.56. The zero-order valence-corrected chi connectivity index (χ0v) is 22.1. The predicted molar refractivity (Wildman–Crippen MR) is 161 cm³/mol. The van der Waals surface area contributed by atoms with E-state index in [0.29, 0.717) is 22.1 Å². The molecule has 6 rings (SSSR count). The van der Waals surface area contributed by atoms with Crippen molar-refractivity contribution in [2.45, 2.75) is 0 Å². The first-order valence-corrected chi connectivity index (χ1v) is 13.2. The maximum Gasteiger partial charge on any atom is 0.271 e. The molecule has 0 unspecified atom stereocenters. The number of furan rings is 1. The molecular weight excluding hydrogens is 518 g/mol. The highest BCUT2D eigenvalue weighted by atomic mass is 35.5. The highest BCUT2D eigenvalue weighted by molar-refractivity contribution is 6.30. The number of hydrazone groups is 1. The van der Waals surface area contributed by atoms with Gasteiger partial charge in [0, 0.05) is 21.8 Å². The Hall–Kier alpha value is -5.13. The van der Waals surface area contributed by atoms with Gasteiger partial charge in [0.2, 0.25) is 0 Å². The van der Waals surface area contributed by atoms with Crippen molar-refractivity contribution >= 4 is 23.7 Å². The fourth-order valence-electron chi connectivity index (χ4n) is 4.56. The molecule has 194 valence electrons. The number of benzene rings is 4. The Kier molecular flexibility index (Phi) is 7.12. The molecule has 6 aromatic rings. The summed E-state index contributed by atoms with van der Waals surface area (Å²) in [6.07, 6.45) is 1.48. The quantitative estimate of drug-likeness (QED) is 0.163. The van der Waals surface area contributed by atoms with Gasteiger partial charge in [0.25, 0.3) is 5.91 Å². The summed E-state index contributed by atoms with van der Waals surface area (Å²) in [4.78, 5) is 12.8. The van der Waals surface area contributed by atoms with E-state index in [4.69, 9.17) is 16.0 Å². The molecule has 0 saturated carbocycles. The summed E-state index contributed by atoms with van der Waals surface area (Å²) in [6, 6.07) is 43.3. The summed E-state index contributed by atoms with van der Waals surface area (Å²) in [5.41, 5.74) is 9.29. The third-order valence-electron chi connectivity index (χ3n) is 6.52. The van der Waals surface area contributed by atoms with Gasteiger partial charge in [-0.1, -0.05) is 72.3 Å². The van der Waals surface area contributed by atoms with E-state index in [-0.39, 0.29) is 5.91 Å². The summed E-state index contributed by atoms with van der Waals surface area (Å²) in [7, 11) is 0. The fraction of sp³-hybridized carbons (Fsp3) is 0. The molecule has 40 heavy (non-hydrogen) atoms. The van der Waals surface area contributed by atoms with Crippen molar-refractivity contribution in [3.05, 3.63) is 150 Å². The van der Waals surface area contributed by atoms with Crippen molar-refractivity contribution in [1.82, 2.24) is 9.99 Å². The Labute approximate surface area is 237 Å². The molecule has 4 aromatic carbocycles. The van der Waals surface area contributed by atoms with Crippen LogP contribution >= 0.6 is 11.6 Å². The molecule has 0 radical (unpaired) electrons. The molecule has 2 aromatic heterocycles. The Morgan fingerprint density at radius 3 is 1.88 bits per heavy atom. The van der Waals surface area contributed by atoms with Crippen LogP contribution in [0, 0.1) is 0 Å². The summed E-state index contributed by atoms with van der Waals surface area (Å²) < 4.78 is 8.01. The van der Waals surface area contributed by atoms with Crippen molar-refractivity contribution < 1.29 is 9.21 Å². The van der Waals surface area contributed by atoms with Crippen molar-refractivity contribution in [1.29, 1.82) is 0 Å². The summed E-state index contributed by atoms with van der Waals surface area (Å²) in [5, 5.41) is 4.74. The van der Waals surface area contributed by atoms with E-state index in [1.165, 1.54) is 6.21 Å². The molecule has 0 spiro atoms. The van der Waals surface area contributed by atoms with Crippen molar-refractivity contribution in [3.8, 4) is 39.5 Å². The lowest BCUT2D eigenvalue weighted by molar-refractivity contribution is 0.0955. The topological polar surface area (TPSA) is 59.5 Å². The van der Waals surface area contributed by atoms with Gasteiger partial charge in [0.1, 0.15) is 11.5 Å². The van der Waals surface area contributed by atoms with Gasteiger partial charge < -0.3 is 8.98 Å². The van der Waals surface area contributed by atoms with Crippen LogP contribution in [-0.2, 0) is 0 Å². The summed E-state index contributed by atoms with van der Waals surface area (Å²) >= 11 is 5.96. The third-order valence-corrected chi connectivity index (χ3v) is 6.77. The van der Waals surface area contributed by atoms with Gasteiger partial charge in [-0.05, 0) is 83.9 Å². The normalized spacial score (nSPS) is 11.1. The number of halogens is 1. The number of nitrogens with one attached hydrogen (secondary N) is 1. The number of carbonyl (C=O) groups excluding carboxylic acids is 1. The molecule has 1 N–H and O–H groups in total. The molecular formula is C34H24ClN3O2. The van der Waals surface area contributed by atoms with Crippen molar-refractivity contribution in [3.63, 3.8) is 0 Å².